The SMILES string of the molecule is CCS(=O)(=O)c1c(S(=O)(=O)CC)c2cc(-c3ccncc3)ccn2c1C(=O)c1ccc(Cl)cc1. The summed E-state index contributed by atoms with van der Waals surface area (Å²) in [4.78, 5) is 16.8. The number of pyridine rings is 2. The highest BCUT2D eigenvalue weighted by molar-refractivity contribution is 7.94. The number of carbonyl (C=O) groups excluding carboxylic acids is 1. The first-order valence-corrected chi connectivity index (χ1v) is 14.1. The van der Waals surface area contributed by atoms with Crippen molar-refractivity contribution in [1.29, 1.82) is 0 Å². The number of carbonyl (C=O) groups is 1. The van der Waals surface area contributed by atoms with Crippen LogP contribution in [0.25, 0.3) is 16.6 Å². The predicted octanol–water partition coefficient (Wildman–Crippen LogP) is 4.47. The summed E-state index contributed by atoms with van der Waals surface area (Å²) in [7, 11) is -8.15. The van der Waals surface area contributed by atoms with Gasteiger partial charge in [0.05, 0.1) is 17.0 Å². The summed E-state index contributed by atoms with van der Waals surface area (Å²) in [6, 6.07) is 12.8. The normalized spacial score (nSPS) is 12.2. The maximum Gasteiger partial charge on any atom is 0.211 e. The lowest BCUT2D eigenvalue weighted by atomic mass is 10.1. The van der Waals surface area contributed by atoms with Crippen molar-refractivity contribution in [3.8, 4) is 11.1 Å². The quantitative estimate of drug-likeness (QED) is 0.336. The number of fused-ring (bicyclic) bond motifs is 1. The van der Waals surface area contributed by atoms with Crippen LogP contribution in [0.4, 0.5) is 0 Å². The van der Waals surface area contributed by atoms with Crippen molar-refractivity contribution in [2.75, 3.05) is 11.5 Å². The summed E-state index contributed by atoms with van der Waals surface area (Å²) in [5, 5.41) is 0.411. The van der Waals surface area contributed by atoms with Gasteiger partial charge in [-0.25, -0.2) is 16.8 Å². The molecule has 0 aliphatic rings. The second kappa shape index (κ2) is 8.98. The molecule has 0 aliphatic heterocycles. The molecular formula is C24H21ClN2O5S2. The molecule has 4 aromatic rings. The van der Waals surface area contributed by atoms with Crippen molar-refractivity contribution in [3.05, 3.63) is 83.4 Å². The average molecular weight is 517 g/mol. The van der Waals surface area contributed by atoms with Crippen LogP contribution in [0.5, 0.6) is 0 Å². The molecule has 3 aromatic heterocycles. The van der Waals surface area contributed by atoms with Crippen LogP contribution in [0.2, 0.25) is 5.02 Å². The number of ketones is 1. The Morgan fingerprint density at radius 3 is 2.03 bits per heavy atom. The first kappa shape index (κ1) is 24.1. The highest BCUT2D eigenvalue weighted by atomic mass is 35.5. The van der Waals surface area contributed by atoms with Crippen molar-refractivity contribution in [3.63, 3.8) is 0 Å². The second-order valence-electron chi connectivity index (χ2n) is 7.56. The topological polar surface area (TPSA) is 103 Å². The van der Waals surface area contributed by atoms with Crippen LogP contribution in [-0.2, 0) is 19.7 Å². The Hall–Kier alpha value is -3.01. The number of sulfone groups is 2. The Balaban J connectivity index is 2.16. The molecule has 0 aliphatic carbocycles. The molecule has 0 saturated carbocycles. The van der Waals surface area contributed by atoms with Crippen molar-refractivity contribution in [2.45, 2.75) is 23.6 Å². The van der Waals surface area contributed by atoms with Crippen LogP contribution in [0.15, 0.2) is 76.9 Å². The van der Waals surface area contributed by atoms with Gasteiger partial charge in [0, 0.05) is 29.2 Å². The number of benzene rings is 1. The minimum absolute atomic E-state index is 0.125. The van der Waals surface area contributed by atoms with Crippen molar-refractivity contribution < 1.29 is 21.6 Å². The van der Waals surface area contributed by atoms with E-state index >= 15 is 0 Å². The third-order valence-corrected chi connectivity index (χ3v) is 9.52. The minimum atomic E-state index is -4.11. The van der Waals surface area contributed by atoms with E-state index in [0.717, 1.165) is 5.56 Å². The summed E-state index contributed by atoms with van der Waals surface area (Å²) < 4.78 is 54.4. The zero-order chi connectivity index (χ0) is 24.7. The van der Waals surface area contributed by atoms with E-state index in [2.05, 4.69) is 4.98 Å². The maximum absolute atomic E-state index is 13.6. The molecule has 7 nitrogen and oxygen atoms in total. The Morgan fingerprint density at radius 1 is 0.853 bits per heavy atom. The first-order chi connectivity index (χ1) is 16.1. The molecule has 0 spiro atoms. The monoisotopic (exact) mass is 516 g/mol. The molecule has 1 aromatic carbocycles. The molecular weight excluding hydrogens is 496 g/mol. The number of halogens is 1. The van der Waals surface area contributed by atoms with E-state index in [9.17, 15) is 21.6 Å². The highest BCUT2D eigenvalue weighted by Gasteiger charge is 2.36. The maximum atomic E-state index is 13.6. The lowest BCUT2D eigenvalue weighted by molar-refractivity contribution is 0.103. The van der Waals surface area contributed by atoms with Crippen LogP contribution in [0.3, 0.4) is 0 Å². The predicted molar refractivity (Wildman–Crippen MR) is 131 cm³/mol. The Kier molecular flexibility index (Phi) is 6.37. The van der Waals surface area contributed by atoms with Gasteiger partial charge in [-0.05, 0) is 59.7 Å². The minimum Gasteiger partial charge on any atom is -0.311 e. The number of aromatic nitrogens is 2. The molecule has 0 radical (unpaired) electrons. The Morgan fingerprint density at radius 2 is 1.44 bits per heavy atom. The van der Waals surface area contributed by atoms with Crippen LogP contribution < -0.4 is 0 Å². The van der Waals surface area contributed by atoms with Crippen LogP contribution in [0.1, 0.15) is 29.9 Å². The van der Waals surface area contributed by atoms with Crippen LogP contribution >= 0.6 is 11.6 Å². The Bertz CT molecular complexity index is 1610. The van der Waals surface area contributed by atoms with Gasteiger partial charge < -0.3 is 4.40 Å². The summed E-state index contributed by atoms with van der Waals surface area (Å²) in [6.07, 6.45) is 4.73. The molecule has 4 rings (SSSR count). The van der Waals surface area contributed by atoms with Gasteiger partial charge in [0.1, 0.15) is 15.5 Å². The highest BCUT2D eigenvalue weighted by Crippen LogP contribution is 2.36. The molecule has 0 bridgehead atoms. The van der Waals surface area contributed by atoms with E-state index in [-0.39, 0.29) is 33.2 Å². The van der Waals surface area contributed by atoms with E-state index in [4.69, 9.17) is 11.6 Å². The van der Waals surface area contributed by atoms with E-state index < -0.39 is 30.4 Å². The van der Waals surface area contributed by atoms with Gasteiger partial charge in [0.15, 0.2) is 19.7 Å². The van der Waals surface area contributed by atoms with E-state index in [1.165, 1.54) is 48.7 Å². The molecule has 0 amide bonds. The number of hydrogen-bond acceptors (Lipinski definition) is 6. The summed E-state index contributed by atoms with van der Waals surface area (Å²) in [6.45, 7) is 2.85. The molecule has 10 heteroatoms. The summed E-state index contributed by atoms with van der Waals surface area (Å²) in [5.74, 6) is -1.31. The lowest BCUT2D eigenvalue weighted by Crippen LogP contribution is -2.15. The van der Waals surface area contributed by atoms with E-state index in [1.54, 1.807) is 36.7 Å². The molecule has 0 fully saturated rings. The number of nitrogens with zero attached hydrogens (tertiary/aromatic N) is 2. The van der Waals surface area contributed by atoms with Gasteiger partial charge in [-0.3, -0.25) is 9.78 Å². The van der Waals surface area contributed by atoms with Crippen molar-refractivity contribution >= 4 is 42.6 Å². The Labute approximate surface area is 202 Å². The lowest BCUT2D eigenvalue weighted by Gasteiger charge is -2.08. The van der Waals surface area contributed by atoms with Crippen molar-refractivity contribution in [2.24, 2.45) is 0 Å². The zero-order valence-electron chi connectivity index (χ0n) is 18.4. The molecule has 176 valence electrons. The van der Waals surface area contributed by atoms with Crippen LogP contribution in [0, 0.1) is 0 Å². The summed E-state index contributed by atoms with van der Waals surface area (Å²) in [5.41, 5.74) is 1.53. The second-order valence-corrected chi connectivity index (χ2v) is 12.4. The third-order valence-electron chi connectivity index (χ3n) is 5.57. The fourth-order valence-corrected chi connectivity index (χ4v) is 6.95. The largest absolute Gasteiger partial charge is 0.311 e. The molecule has 34 heavy (non-hydrogen) atoms. The van der Waals surface area contributed by atoms with Gasteiger partial charge in [0.25, 0.3) is 0 Å². The van der Waals surface area contributed by atoms with Gasteiger partial charge in [-0.15, -0.1) is 0 Å². The van der Waals surface area contributed by atoms with E-state index in [0.29, 0.717) is 10.6 Å². The fraction of sp³-hybridized carbons (Fsp3) is 0.167. The standard InChI is InChI=1S/C24H21ClN2O5S2/c1-3-33(29,30)23-20-15-18(16-9-12-26-13-10-16)11-14-27(20)21(24(23)34(31,32)4-2)22(28)17-5-7-19(25)8-6-17/h5-15H,3-4H2,1-2H3. The molecule has 0 saturated heterocycles. The summed E-state index contributed by atoms with van der Waals surface area (Å²) >= 11 is 5.95. The first-order valence-electron chi connectivity index (χ1n) is 10.4. The van der Waals surface area contributed by atoms with Crippen molar-refractivity contribution in [1.82, 2.24) is 9.38 Å². The molecule has 0 N–H and O–H groups in total. The molecule has 0 unspecified atom stereocenters. The third kappa shape index (κ3) is 4.15. The number of rotatable bonds is 7. The van der Waals surface area contributed by atoms with Gasteiger partial charge >= 0.3 is 0 Å². The molecule has 0 atom stereocenters. The average Bonchev–Trinajstić information content (AvgIpc) is 3.21. The van der Waals surface area contributed by atoms with Gasteiger partial charge in [-0.1, -0.05) is 25.4 Å². The van der Waals surface area contributed by atoms with E-state index in [1.807, 2.05) is 0 Å². The molecule has 3 heterocycles. The van der Waals surface area contributed by atoms with Gasteiger partial charge in [0.2, 0.25) is 5.78 Å². The zero-order valence-corrected chi connectivity index (χ0v) is 20.8. The smallest absolute Gasteiger partial charge is 0.211 e. The van der Waals surface area contributed by atoms with Crippen LogP contribution in [-0.4, -0.2) is 43.5 Å². The van der Waals surface area contributed by atoms with Gasteiger partial charge in [-0.2, -0.15) is 0 Å². The fourth-order valence-electron chi connectivity index (χ4n) is 3.76. The number of hydrogen-bond donors (Lipinski definition) is 0.